The zero-order valence-electron chi connectivity index (χ0n) is 10.9. The quantitative estimate of drug-likeness (QED) is 0.750. The lowest BCUT2D eigenvalue weighted by Gasteiger charge is -2.21. The Kier molecular flexibility index (Phi) is 7.81. The van der Waals surface area contributed by atoms with Crippen LogP contribution in [0.4, 0.5) is 0 Å². The molecule has 0 atom stereocenters. The summed E-state index contributed by atoms with van der Waals surface area (Å²) in [7, 11) is 0. The number of halogens is 1. The lowest BCUT2D eigenvalue weighted by Crippen LogP contribution is -2.32. The number of rotatable bonds is 9. The van der Waals surface area contributed by atoms with Crippen LogP contribution < -0.4 is 4.74 Å². The number of nitrogens with zero attached hydrogens (tertiary/aromatic N) is 1. The Morgan fingerprint density at radius 1 is 1.28 bits per heavy atom. The van der Waals surface area contributed by atoms with Gasteiger partial charge in [-0.3, -0.25) is 4.90 Å². The molecule has 1 rings (SSSR count). The molecule has 1 N–H and O–H groups in total. The summed E-state index contributed by atoms with van der Waals surface area (Å²) in [5.41, 5.74) is 0. The first-order chi connectivity index (χ1) is 8.76. The van der Waals surface area contributed by atoms with Gasteiger partial charge in [-0.2, -0.15) is 0 Å². The Hall–Kier alpha value is -0.770. The van der Waals surface area contributed by atoms with Gasteiger partial charge < -0.3 is 9.84 Å². The molecule has 102 valence electrons. The molecule has 0 radical (unpaired) electrons. The van der Waals surface area contributed by atoms with Crippen LogP contribution >= 0.6 is 11.6 Å². The Morgan fingerprint density at radius 3 is 2.78 bits per heavy atom. The van der Waals surface area contributed by atoms with E-state index in [0.29, 0.717) is 18.2 Å². The molecule has 0 fully saturated rings. The zero-order valence-corrected chi connectivity index (χ0v) is 11.7. The number of aliphatic hydroxyl groups excluding tert-OH is 1. The van der Waals surface area contributed by atoms with E-state index in [9.17, 15) is 0 Å². The summed E-state index contributed by atoms with van der Waals surface area (Å²) >= 11 is 5.88. The van der Waals surface area contributed by atoms with Crippen LogP contribution in [-0.2, 0) is 0 Å². The minimum absolute atomic E-state index is 0.195. The maximum absolute atomic E-state index is 8.99. The third-order valence-corrected chi connectivity index (χ3v) is 2.95. The van der Waals surface area contributed by atoms with E-state index in [1.165, 1.54) is 0 Å². The van der Waals surface area contributed by atoms with Gasteiger partial charge in [-0.25, -0.2) is 0 Å². The number of ether oxygens (including phenoxy) is 1. The molecule has 3 nitrogen and oxygen atoms in total. The molecular weight excluding hydrogens is 250 g/mol. The highest BCUT2D eigenvalue weighted by molar-refractivity contribution is 6.30. The molecule has 1 aromatic carbocycles. The van der Waals surface area contributed by atoms with Gasteiger partial charge in [0.05, 0.1) is 6.61 Å². The van der Waals surface area contributed by atoms with E-state index >= 15 is 0 Å². The molecule has 0 bridgehead atoms. The first-order valence-corrected chi connectivity index (χ1v) is 6.85. The van der Waals surface area contributed by atoms with Crippen molar-refractivity contribution in [1.82, 2.24) is 4.90 Å². The maximum Gasteiger partial charge on any atom is 0.120 e. The van der Waals surface area contributed by atoms with Crippen molar-refractivity contribution >= 4 is 11.6 Å². The topological polar surface area (TPSA) is 32.7 Å². The lowest BCUT2D eigenvalue weighted by atomic mass is 10.3. The Bertz CT molecular complexity index is 333. The Labute approximate surface area is 114 Å². The van der Waals surface area contributed by atoms with Crippen LogP contribution in [-0.4, -0.2) is 42.9 Å². The van der Waals surface area contributed by atoms with Crippen molar-refractivity contribution < 1.29 is 9.84 Å². The van der Waals surface area contributed by atoms with E-state index < -0.39 is 0 Å². The molecule has 18 heavy (non-hydrogen) atoms. The third-order valence-electron chi connectivity index (χ3n) is 2.72. The molecule has 0 aliphatic rings. The summed E-state index contributed by atoms with van der Waals surface area (Å²) in [6.07, 6.45) is 2.31. The molecule has 0 spiro atoms. The normalized spacial score (nSPS) is 10.9. The second-order valence-corrected chi connectivity index (χ2v) is 4.66. The van der Waals surface area contributed by atoms with Crippen molar-refractivity contribution in [3.05, 3.63) is 29.3 Å². The molecule has 0 aromatic heterocycles. The largest absolute Gasteiger partial charge is 0.492 e. The fourth-order valence-electron chi connectivity index (χ4n) is 1.71. The summed E-state index contributed by atoms with van der Waals surface area (Å²) in [5.74, 6) is 0.793. The average Bonchev–Trinajstić information content (AvgIpc) is 2.36. The number of aliphatic hydroxyl groups is 1. The van der Waals surface area contributed by atoms with Crippen molar-refractivity contribution in [2.75, 3.05) is 32.8 Å². The molecule has 0 saturated heterocycles. The van der Waals surface area contributed by atoms with Gasteiger partial charge in [-0.05, 0) is 31.2 Å². The van der Waals surface area contributed by atoms with Crippen molar-refractivity contribution in [1.29, 1.82) is 0 Å². The van der Waals surface area contributed by atoms with Crippen molar-refractivity contribution in [3.63, 3.8) is 0 Å². The van der Waals surface area contributed by atoms with E-state index in [2.05, 4.69) is 11.8 Å². The maximum atomic E-state index is 8.99. The predicted octanol–water partition coefficient (Wildman–Crippen LogP) is 2.81. The SMILES string of the molecule is CCCCN(CCO)CCOc1cccc(Cl)c1. The van der Waals surface area contributed by atoms with Gasteiger partial charge in [-0.1, -0.05) is 31.0 Å². The summed E-state index contributed by atoms with van der Waals surface area (Å²) in [6.45, 7) is 5.52. The number of benzene rings is 1. The van der Waals surface area contributed by atoms with Crippen LogP contribution in [0.25, 0.3) is 0 Å². The minimum atomic E-state index is 0.195. The number of hydrogen-bond donors (Lipinski definition) is 1. The second kappa shape index (κ2) is 9.20. The molecule has 0 saturated carbocycles. The molecule has 4 heteroatoms. The molecule has 0 heterocycles. The fourth-order valence-corrected chi connectivity index (χ4v) is 1.89. The van der Waals surface area contributed by atoms with Gasteiger partial charge in [0.2, 0.25) is 0 Å². The van der Waals surface area contributed by atoms with Crippen molar-refractivity contribution in [2.45, 2.75) is 19.8 Å². The standard InChI is InChI=1S/C14H22ClNO2/c1-2-3-7-16(8-10-17)9-11-18-14-6-4-5-13(15)12-14/h4-6,12,17H,2-3,7-11H2,1H3. The molecule has 0 amide bonds. The van der Waals surface area contributed by atoms with Gasteiger partial charge in [-0.15, -0.1) is 0 Å². The first-order valence-electron chi connectivity index (χ1n) is 6.48. The van der Waals surface area contributed by atoms with Gasteiger partial charge >= 0.3 is 0 Å². The van der Waals surface area contributed by atoms with E-state index in [1.807, 2.05) is 24.3 Å². The van der Waals surface area contributed by atoms with Gasteiger partial charge in [0.25, 0.3) is 0 Å². The molecule has 0 aliphatic heterocycles. The van der Waals surface area contributed by atoms with Crippen LogP contribution in [0.15, 0.2) is 24.3 Å². The van der Waals surface area contributed by atoms with Crippen LogP contribution in [0.2, 0.25) is 5.02 Å². The zero-order chi connectivity index (χ0) is 13.2. The fraction of sp³-hybridized carbons (Fsp3) is 0.571. The molecule has 0 unspecified atom stereocenters. The summed E-state index contributed by atoms with van der Waals surface area (Å²) < 4.78 is 5.64. The lowest BCUT2D eigenvalue weighted by molar-refractivity contribution is 0.167. The van der Waals surface area contributed by atoms with Crippen LogP contribution in [0.1, 0.15) is 19.8 Å². The number of hydrogen-bond acceptors (Lipinski definition) is 3. The van der Waals surface area contributed by atoms with Crippen LogP contribution in [0, 0.1) is 0 Å². The first kappa shape index (κ1) is 15.3. The van der Waals surface area contributed by atoms with E-state index in [0.717, 1.165) is 31.7 Å². The Morgan fingerprint density at radius 2 is 2.11 bits per heavy atom. The third kappa shape index (κ3) is 6.24. The van der Waals surface area contributed by atoms with Gasteiger partial charge in [0.15, 0.2) is 0 Å². The summed E-state index contributed by atoms with van der Waals surface area (Å²) in [5, 5.41) is 9.67. The monoisotopic (exact) mass is 271 g/mol. The highest BCUT2D eigenvalue weighted by atomic mass is 35.5. The van der Waals surface area contributed by atoms with Crippen molar-refractivity contribution in [2.24, 2.45) is 0 Å². The van der Waals surface area contributed by atoms with Crippen LogP contribution in [0.3, 0.4) is 0 Å². The number of unbranched alkanes of at least 4 members (excludes halogenated alkanes) is 1. The summed E-state index contributed by atoms with van der Waals surface area (Å²) in [6, 6.07) is 7.41. The molecule has 1 aromatic rings. The highest BCUT2D eigenvalue weighted by Gasteiger charge is 2.04. The highest BCUT2D eigenvalue weighted by Crippen LogP contribution is 2.16. The Balaban J connectivity index is 2.29. The molecule has 0 aliphatic carbocycles. The van der Waals surface area contributed by atoms with E-state index in [4.69, 9.17) is 21.4 Å². The van der Waals surface area contributed by atoms with E-state index in [-0.39, 0.29) is 6.61 Å². The smallest absolute Gasteiger partial charge is 0.120 e. The summed E-state index contributed by atoms with van der Waals surface area (Å²) in [4.78, 5) is 2.22. The molecular formula is C14H22ClNO2. The van der Waals surface area contributed by atoms with Gasteiger partial charge in [0, 0.05) is 18.1 Å². The van der Waals surface area contributed by atoms with Crippen LogP contribution in [0.5, 0.6) is 5.75 Å². The van der Waals surface area contributed by atoms with Gasteiger partial charge in [0.1, 0.15) is 12.4 Å². The average molecular weight is 272 g/mol. The van der Waals surface area contributed by atoms with Crippen molar-refractivity contribution in [3.8, 4) is 5.75 Å². The predicted molar refractivity (Wildman–Crippen MR) is 75.4 cm³/mol. The second-order valence-electron chi connectivity index (χ2n) is 4.22. The minimum Gasteiger partial charge on any atom is -0.492 e. The van der Waals surface area contributed by atoms with E-state index in [1.54, 1.807) is 0 Å².